The topological polar surface area (TPSA) is 68.4 Å². The molecule has 10 heteroatoms. The zero-order valence-electron chi connectivity index (χ0n) is 17.5. The number of rotatable bonds is 6. The van der Waals surface area contributed by atoms with Gasteiger partial charge >= 0.3 is 0 Å². The molecule has 1 aromatic carbocycles. The van der Waals surface area contributed by atoms with Crippen LogP contribution in [0.1, 0.15) is 21.7 Å². The van der Waals surface area contributed by atoms with Gasteiger partial charge in [0, 0.05) is 63.8 Å². The second kappa shape index (κ2) is 8.84. The molecule has 0 atom stereocenters. The lowest BCUT2D eigenvalue weighted by Crippen LogP contribution is -2.48. The highest BCUT2D eigenvalue weighted by atomic mass is 19.1. The van der Waals surface area contributed by atoms with Gasteiger partial charge in [-0.15, -0.1) is 0 Å². The molecule has 0 N–H and O–H groups in total. The predicted octanol–water partition coefficient (Wildman–Crippen LogP) is 2.20. The summed E-state index contributed by atoms with van der Waals surface area (Å²) in [5, 5.41) is 8.60. The number of aryl methyl sites for hydroxylation is 2. The Labute approximate surface area is 178 Å². The Morgan fingerprint density at radius 1 is 1.13 bits per heavy atom. The molecule has 1 fully saturated rings. The van der Waals surface area contributed by atoms with Crippen LogP contribution in [0.15, 0.2) is 36.7 Å². The van der Waals surface area contributed by atoms with Gasteiger partial charge in [0.1, 0.15) is 5.82 Å². The van der Waals surface area contributed by atoms with Gasteiger partial charge in [0.15, 0.2) is 24.0 Å². The number of ether oxygens (including phenoxy) is 1. The van der Waals surface area contributed by atoms with Gasteiger partial charge in [0.25, 0.3) is 5.91 Å². The highest BCUT2D eigenvalue weighted by molar-refractivity contribution is 5.92. The molecule has 0 spiro atoms. The summed E-state index contributed by atoms with van der Waals surface area (Å²) in [5.41, 5.74) is 2.52. The van der Waals surface area contributed by atoms with Gasteiger partial charge in [-0.1, -0.05) is 0 Å². The van der Waals surface area contributed by atoms with Gasteiger partial charge in [-0.3, -0.25) is 14.4 Å². The maximum Gasteiger partial charge on any atom is 0.274 e. The zero-order valence-corrected chi connectivity index (χ0v) is 17.5. The van der Waals surface area contributed by atoms with E-state index in [4.69, 9.17) is 4.74 Å². The summed E-state index contributed by atoms with van der Waals surface area (Å²) < 4.78 is 35.2. The monoisotopic (exact) mass is 430 g/mol. The molecule has 2 aromatic heterocycles. The summed E-state index contributed by atoms with van der Waals surface area (Å²) in [6.45, 7) is 5.49. The first-order valence-corrected chi connectivity index (χ1v) is 10.0. The molecule has 0 aliphatic carbocycles. The third-order valence-corrected chi connectivity index (χ3v) is 5.27. The highest BCUT2D eigenvalue weighted by Crippen LogP contribution is 2.18. The Hall–Kier alpha value is -3.27. The zero-order chi connectivity index (χ0) is 22.0. The molecule has 0 radical (unpaired) electrons. The van der Waals surface area contributed by atoms with Crippen molar-refractivity contribution in [1.82, 2.24) is 29.4 Å². The lowest BCUT2D eigenvalue weighted by Gasteiger charge is -2.34. The normalized spacial score (nSPS) is 14.8. The fraction of sp³-hybridized carbons (Fsp3) is 0.381. The minimum atomic E-state index is -0.789. The molecule has 1 saturated heterocycles. The van der Waals surface area contributed by atoms with Crippen molar-refractivity contribution >= 4 is 5.91 Å². The minimum Gasteiger partial charge on any atom is -0.468 e. The van der Waals surface area contributed by atoms with Crippen LogP contribution in [0.5, 0.6) is 5.75 Å². The number of carbonyl (C=O) groups excluding carboxylic acids is 1. The number of halogens is 2. The Morgan fingerprint density at radius 2 is 1.90 bits per heavy atom. The second-order valence-corrected chi connectivity index (χ2v) is 7.57. The van der Waals surface area contributed by atoms with Crippen LogP contribution in [-0.4, -0.2) is 61.4 Å². The van der Waals surface area contributed by atoms with E-state index in [1.54, 1.807) is 17.2 Å². The van der Waals surface area contributed by atoms with Gasteiger partial charge in [-0.05, 0) is 25.1 Å². The summed E-state index contributed by atoms with van der Waals surface area (Å²) >= 11 is 0. The Kier molecular flexibility index (Phi) is 5.99. The fourth-order valence-electron chi connectivity index (χ4n) is 3.59. The van der Waals surface area contributed by atoms with E-state index in [9.17, 15) is 13.6 Å². The van der Waals surface area contributed by atoms with Crippen LogP contribution in [0.25, 0.3) is 0 Å². The van der Waals surface area contributed by atoms with Crippen molar-refractivity contribution in [1.29, 1.82) is 0 Å². The third kappa shape index (κ3) is 4.91. The maximum absolute atomic E-state index is 13.7. The molecule has 8 nitrogen and oxygen atoms in total. The van der Waals surface area contributed by atoms with Crippen LogP contribution in [0.4, 0.5) is 8.78 Å². The minimum absolute atomic E-state index is 0.0789. The average Bonchev–Trinajstić information content (AvgIpc) is 3.33. The van der Waals surface area contributed by atoms with E-state index < -0.39 is 11.6 Å². The van der Waals surface area contributed by atoms with Gasteiger partial charge < -0.3 is 9.64 Å². The van der Waals surface area contributed by atoms with E-state index in [-0.39, 0.29) is 18.4 Å². The number of nitrogens with zero attached hydrogens (tertiary/aromatic N) is 6. The van der Waals surface area contributed by atoms with E-state index in [1.807, 2.05) is 24.9 Å². The molecule has 164 valence electrons. The molecule has 4 rings (SSSR count). The fourth-order valence-corrected chi connectivity index (χ4v) is 3.59. The number of hydrogen-bond donors (Lipinski definition) is 0. The van der Waals surface area contributed by atoms with Crippen LogP contribution in [0.2, 0.25) is 0 Å². The number of hydrogen-bond acceptors (Lipinski definition) is 5. The predicted molar refractivity (Wildman–Crippen MR) is 108 cm³/mol. The van der Waals surface area contributed by atoms with Crippen molar-refractivity contribution in [3.8, 4) is 5.75 Å². The van der Waals surface area contributed by atoms with E-state index in [2.05, 4.69) is 15.1 Å². The molecule has 3 aromatic rings. The quantitative estimate of drug-likeness (QED) is 0.600. The summed E-state index contributed by atoms with van der Waals surface area (Å²) in [6, 6.07) is 4.69. The SMILES string of the molecule is Cc1nn(C)cc1CN1CCN(C(=O)c2ccn(COc3ccc(F)cc3F)n2)CC1. The molecular formula is C21H24F2N6O2. The number of aromatic nitrogens is 4. The van der Waals surface area contributed by atoms with Crippen LogP contribution in [0, 0.1) is 18.6 Å². The molecule has 1 aliphatic rings. The lowest BCUT2D eigenvalue weighted by atomic mass is 10.2. The van der Waals surface area contributed by atoms with E-state index in [0.717, 1.165) is 37.5 Å². The Balaban J connectivity index is 1.29. The van der Waals surface area contributed by atoms with Crippen molar-refractivity contribution in [2.24, 2.45) is 7.05 Å². The summed E-state index contributed by atoms with van der Waals surface area (Å²) in [7, 11) is 1.91. The maximum atomic E-state index is 13.7. The van der Waals surface area contributed by atoms with Crippen molar-refractivity contribution in [2.75, 3.05) is 26.2 Å². The highest BCUT2D eigenvalue weighted by Gasteiger charge is 2.24. The largest absolute Gasteiger partial charge is 0.468 e. The lowest BCUT2D eigenvalue weighted by molar-refractivity contribution is 0.0620. The number of carbonyl (C=O) groups is 1. The molecule has 0 unspecified atom stereocenters. The van der Waals surface area contributed by atoms with E-state index >= 15 is 0 Å². The molecule has 3 heterocycles. The standard InChI is InChI=1S/C21H24F2N6O2/c1-15-16(12-26(2)24-15)13-27-7-9-28(10-8-27)21(30)19-5-6-29(25-19)14-31-20-4-3-17(22)11-18(20)23/h3-6,11-12H,7-10,13-14H2,1-2H3. The van der Waals surface area contributed by atoms with Crippen LogP contribution < -0.4 is 4.74 Å². The first kappa shape index (κ1) is 21.0. The average molecular weight is 430 g/mol. The summed E-state index contributed by atoms with van der Waals surface area (Å²) in [4.78, 5) is 16.9. The summed E-state index contributed by atoms with van der Waals surface area (Å²) in [6.07, 6.45) is 3.62. The van der Waals surface area contributed by atoms with Crippen LogP contribution in [0.3, 0.4) is 0 Å². The Bertz CT molecular complexity index is 1070. The van der Waals surface area contributed by atoms with Gasteiger partial charge in [-0.2, -0.15) is 10.2 Å². The second-order valence-electron chi connectivity index (χ2n) is 7.57. The van der Waals surface area contributed by atoms with Crippen LogP contribution in [-0.2, 0) is 20.3 Å². The van der Waals surface area contributed by atoms with Crippen LogP contribution >= 0.6 is 0 Å². The molecule has 31 heavy (non-hydrogen) atoms. The van der Waals surface area contributed by atoms with Gasteiger partial charge in [0.05, 0.1) is 5.69 Å². The first-order chi connectivity index (χ1) is 14.9. The molecular weight excluding hydrogens is 406 g/mol. The molecule has 0 bridgehead atoms. The number of piperazine rings is 1. The Morgan fingerprint density at radius 3 is 2.58 bits per heavy atom. The van der Waals surface area contributed by atoms with Gasteiger partial charge in [0.2, 0.25) is 0 Å². The van der Waals surface area contributed by atoms with Gasteiger partial charge in [-0.25, -0.2) is 13.5 Å². The van der Waals surface area contributed by atoms with Crippen molar-refractivity contribution in [3.63, 3.8) is 0 Å². The molecule has 0 saturated carbocycles. The molecule has 1 amide bonds. The van der Waals surface area contributed by atoms with Crippen molar-refractivity contribution in [2.45, 2.75) is 20.2 Å². The first-order valence-electron chi connectivity index (χ1n) is 10.0. The number of amides is 1. The number of benzene rings is 1. The van der Waals surface area contributed by atoms with E-state index in [0.29, 0.717) is 18.8 Å². The third-order valence-electron chi connectivity index (χ3n) is 5.27. The van der Waals surface area contributed by atoms with E-state index in [1.165, 1.54) is 16.3 Å². The van der Waals surface area contributed by atoms with Crippen molar-refractivity contribution in [3.05, 3.63) is 65.2 Å². The summed E-state index contributed by atoms with van der Waals surface area (Å²) in [5.74, 6) is -1.69. The molecule has 1 aliphatic heterocycles. The van der Waals surface area contributed by atoms with Crippen molar-refractivity contribution < 1.29 is 18.3 Å². The smallest absolute Gasteiger partial charge is 0.274 e.